The lowest BCUT2D eigenvalue weighted by atomic mass is 9.84. The fourth-order valence-electron chi connectivity index (χ4n) is 4.70. The van der Waals surface area contributed by atoms with Crippen molar-refractivity contribution >= 4 is 27.5 Å². The first-order chi connectivity index (χ1) is 13.2. The number of carbonyl (C=O) groups excluding carboxylic acids is 1. The first-order valence-corrected chi connectivity index (χ1v) is 10.7. The fourth-order valence-corrected chi connectivity index (χ4v) is 5.51. The summed E-state index contributed by atoms with van der Waals surface area (Å²) < 4.78 is 11.6. The van der Waals surface area contributed by atoms with E-state index in [2.05, 4.69) is 26.5 Å². The zero-order valence-corrected chi connectivity index (χ0v) is 16.5. The van der Waals surface area contributed by atoms with Crippen LogP contribution in [0.2, 0.25) is 0 Å². The second-order valence-corrected chi connectivity index (χ2v) is 9.00. The van der Waals surface area contributed by atoms with Crippen LogP contribution in [0.15, 0.2) is 18.2 Å². The van der Waals surface area contributed by atoms with Crippen LogP contribution in [0.25, 0.3) is 10.1 Å². The lowest BCUT2D eigenvalue weighted by Crippen LogP contribution is -2.57. The van der Waals surface area contributed by atoms with Crippen molar-refractivity contribution in [2.75, 3.05) is 39.8 Å². The summed E-state index contributed by atoms with van der Waals surface area (Å²) in [6.07, 6.45) is 3.70. The molecule has 7 heteroatoms. The lowest BCUT2D eigenvalue weighted by molar-refractivity contribution is 0.0619. The van der Waals surface area contributed by atoms with Crippen molar-refractivity contribution in [3.05, 3.63) is 23.9 Å². The van der Waals surface area contributed by atoms with Gasteiger partial charge in [0.2, 0.25) is 0 Å². The van der Waals surface area contributed by atoms with Gasteiger partial charge in [0, 0.05) is 31.1 Å². The summed E-state index contributed by atoms with van der Waals surface area (Å²) in [5.41, 5.74) is 0.554. The summed E-state index contributed by atoms with van der Waals surface area (Å²) in [6.45, 7) is 5.38. The van der Waals surface area contributed by atoms with Crippen LogP contribution >= 0.6 is 11.5 Å². The quantitative estimate of drug-likeness (QED) is 0.873. The summed E-state index contributed by atoms with van der Waals surface area (Å²) in [4.78, 5) is 17.6. The first kappa shape index (κ1) is 17.4. The molecule has 1 aromatic carbocycles. The van der Waals surface area contributed by atoms with Gasteiger partial charge in [-0.25, -0.2) is 0 Å². The second-order valence-electron chi connectivity index (χ2n) is 8.20. The maximum atomic E-state index is 12.8. The van der Waals surface area contributed by atoms with E-state index in [1.54, 1.807) is 0 Å². The number of likely N-dealkylation sites (N-methyl/N-ethyl adjacent to an activating group) is 1. The summed E-state index contributed by atoms with van der Waals surface area (Å²) in [7, 11) is 2.12. The van der Waals surface area contributed by atoms with Crippen LogP contribution in [-0.2, 0) is 0 Å². The van der Waals surface area contributed by atoms with Crippen LogP contribution in [-0.4, -0.2) is 72.0 Å². The minimum atomic E-state index is -0.0360. The Morgan fingerprint density at radius 3 is 2.78 bits per heavy atom. The molecule has 144 valence electrons. The van der Waals surface area contributed by atoms with Gasteiger partial charge < -0.3 is 19.9 Å². The molecule has 27 heavy (non-hydrogen) atoms. The maximum Gasteiger partial charge on any atom is 0.271 e. The predicted octanol–water partition coefficient (Wildman–Crippen LogP) is 2.20. The van der Waals surface area contributed by atoms with E-state index < -0.39 is 0 Å². The number of rotatable bonds is 4. The minimum Gasteiger partial charge on any atom is -0.489 e. The molecule has 4 aliphatic rings. The van der Waals surface area contributed by atoms with Crippen LogP contribution in [0.5, 0.6) is 5.75 Å². The first-order valence-electron chi connectivity index (χ1n) is 9.93. The van der Waals surface area contributed by atoms with Gasteiger partial charge in [-0.1, -0.05) is 0 Å². The van der Waals surface area contributed by atoms with E-state index in [4.69, 9.17) is 4.74 Å². The number of amides is 1. The average Bonchev–Trinajstić information content (AvgIpc) is 3.28. The average molecular weight is 387 g/mol. The van der Waals surface area contributed by atoms with Crippen LogP contribution in [0.3, 0.4) is 0 Å². The van der Waals surface area contributed by atoms with Gasteiger partial charge in [0.05, 0.1) is 4.70 Å². The Balaban J connectivity index is 1.30. The van der Waals surface area contributed by atoms with E-state index in [0.29, 0.717) is 11.6 Å². The van der Waals surface area contributed by atoms with Crippen molar-refractivity contribution in [3.8, 4) is 5.75 Å². The monoisotopic (exact) mass is 386 g/mol. The van der Waals surface area contributed by atoms with E-state index in [-0.39, 0.29) is 18.1 Å². The van der Waals surface area contributed by atoms with Gasteiger partial charge in [-0.2, -0.15) is 4.37 Å². The van der Waals surface area contributed by atoms with Gasteiger partial charge in [-0.15, -0.1) is 0 Å². The molecule has 0 aliphatic carbocycles. The van der Waals surface area contributed by atoms with Gasteiger partial charge in [0.25, 0.3) is 5.91 Å². The number of hydrogen-bond acceptors (Lipinski definition) is 6. The molecule has 2 aromatic rings. The summed E-state index contributed by atoms with van der Waals surface area (Å²) in [5, 5.41) is 4.18. The third kappa shape index (κ3) is 3.44. The molecule has 4 saturated heterocycles. The fraction of sp³-hybridized carbons (Fsp3) is 0.600. The van der Waals surface area contributed by atoms with E-state index in [1.807, 2.05) is 18.2 Å². The summed E-state index contributed by atoms with van der Waals surface area (Å²) in [5.74, 6) is 1.45. The Hall–Kier alpha value is -1.70. The van der Waals surface area contributed by atoms with Crippen molar-refractivity contribution in [2.45, 2.75) is 31.4 Å². The van der Waals surface area contributed by atoms with Crippen molar-refractivity contribution in [3.63, 3.8) is 0 Å². The molecule has 0 saturated carbocycles. The molecule has 4 aliphatic heterocycles. The number of benzene rings is 1. The van der Waals surface area contributed by atoms with Crippen molar-refractivity contribution in [2.24, 2.45) is 5.92 Å². The third-order valence-corrected chi connectivity index (χ3v) is 7.09. The Kier molecular flexibility index (Phi) is 4.53. The molecule has 6 nitrogen and oxygen atoms in total. The largest absolute Gasteiger partial charge is 0.489 e. The Morgan fingerprint density at radius 1 is 1.22 bits per heavy atom. The third-order valence-electron chi connectivity index (χ3n) is 6.28. The highest BCUT2D eigenvalue weighted by Gasteiger charge is 2.35. The number of fused-ring (bicyclic) bond motifs is 4. The van der Waals surface area contributed by atoms with Crippen LogP contribution in [0.1, 0.15) is 29.8 Å². The van der Waals surface area contributed by atoms with Gasteiger partial charge >= 0.3 is 0 Å². The van der Waals surface area contributed by atoms with Crippen molar-refractivity contribution in [1.29, 1.82) is 0 Å². The predicted molar refractivity (Wildman–Crippen MR) is 107 cm³/mol. The van der Waals surface area contributed by atoms with Crippen LogP contribution < -0.4 is 10.1 Å². The highest BCUT2D eigenvalue weighted by molar-refractivity contribution is 7.13. The molecule has 0 spiro atoms. The Bertz CT molecular complexity index is 846. The molecular formula is C20H26N4O2S. The standard InChI is InChI=1S/C20H26N4O2S/c1-23-7-6-15(11-23)26-14-2-3-16-18(10-14)27-22-19(16)20(25)21-17-12-24-8-4-13(17)5-9-24/h2-3,10,13,15,17H,4-9,11-12H2,1H3,(H,21,25)/t15?,17-/m0/s1. The molecule has 1 amide bonds. The molecule has 5 heterocycles. The van der Waals surface area contributed by atoms with E-state index in [9.17, 15) is 4.79 Å². The molecule has 1 unspecified atom stereocenters. The number of hydrogen-bond donors (Lipinski definition) is 1. The highest BCUT2D eigenvalue weighted by Crippen LogP contribution is 2.30. The topological polar surface area (TPSA) is 57.7 Å². The number of likely N-dealkylation sites (tertiary alicyclic amines) is 1. The van der Waals surface area contributed by atoms with Gasteiger partial charge in [0.1, 0.15) is 17.5 Å². The number of aromatic nitrogens is 1. The van der Waals surface area contributed by atoms with Gasteiger partial charge in [-0.05, 0) is 75.0 Å². The summed E-state index contributed by atoms with van der Waals surface area (Å²) >= 11 is 1.38. The van der Waals surface area contributed by atoms with Gasteiger partial charge in [-0.3, -0.25) is 4.79 Å². The smallest absolute Gasteiger partial charge is 0.271 e. The second kappa shape index (κ2) is 7.04. The SMILES string of the molecule is CN1CCC(Oc2ccc3c(C(=O)N[C@H]4CN5CCC4CC5)nsc3c2)C1. The molecule has 2 bridgehead atoms. The Labute approximate surface area is 163 Å². The molecular weight excluding hydrogens is 360 g/mol. The minimum absolute atomic E-state index is 0.0360. The van der Waals surface area contributed by atoms with Crippen molar-refractivity contribution < 1.29 is 9.53 Å². The van der Waals surface area contributed by atoms with Crippen LogP contribution in [0, 0.1) is 5.92 Å². The number of nitrogens with zero attached hydrogens (tertiary/aromatic N) is 3. The maximum absolute atomic E-state index is 12.8. The molecule has 0 radical (unpaired) electrons. The van der Waals surface area contributed by atoms with Crippen molar-refractivity contribution in [1.82, 2.24) is 19.5 Å². The zero-order valence-electron chi connectivity index (χ0n) is 15.7. The summed E-state index contributed by atoms with van der Waals surface area (Å²) in [6, 6.07) is 6.24. The molecule has 2 atom stereocenters. The highest BCUT2D eigenvalue weighted by atomic mass is 32.1. The normalized spacial score (nSPS) is 30.7. The number of nitrogens with one attached hydrogen (secondary N) is 1. The molecule has 6 rings (SSSR count). The van der Waals surface area contributed by atoms with Crippen LogP contribution in [0.4, 0.5) is 0 Å². The van der Waals surface area contributed by atoms with E-state index in [0.717, 1.165) is 41.9 Å². The Morgan fingerprint density at radius 2 is 2.07 bits per heavy atom. The lowest BCUT2D eigenvalue weighted by Gasteiger charge is -2.44. The number of carbonyl (C=O) groups is 1. The molecule has 4 fully saturated rings. The zero-order chi connectivity index (χ0) is 18.4. The van der Waals surface area contributed by atoms with E-state index >= 15 is 0 Å². The molecule has 1 aromatic heterocycles. The number of piperidine rings is 3. The van der Waals surface area contributed by atoms with Gasteiger partial charge in [0.15, 0.2) is 0 Å². The molecule has 1 N–H and O–H groups in total. The number of ether oxygens (including phenoxy) is 1. The van der Waals surface area contributed by atoms with E-state index in [1.165, 1.54) is 37.5 Å².